The molecule has 0 spiro atoms. The predicted octanol–water partition coefficient (Wildman–Crippen LogP) is 3.33. The zero-order valence-corrected chi connectivity index (χ0v) is 14.6. The summed E-state index contributed by atoms with van der Waals surface area (Å²) < 4.78 is 76.6. The maximum Gasteiger partial charge on any atom is 0.416 e. The molecule has 1 aromatic carbocycles. The Morgan fingerprint density at radius 2 is 1.46 bits per heavy atom. The smallest absolute Gasteiger partial charge is 0.350 e. The Morgan fingerprint density at radius 3 is 1.85 bits per heavy atom. The van der Waals surface area contributed by atoms with Crippen molar-refractivity contribution in [1.82, 2.24) is 5.32 Å². The van der Waals surface area contributed by atoms with E-state index in [9.17, 15) is 31.1 Å². The van der Waals surface area contributed by atoms with Crippen molar-refractivity contribution in [2.45, 2.75) is 44.2 Å². The third-order valence-corrected chi connectivity index (χ3v) is 3.37. The fourth-order valence-electron chi connectivity index (χ4n) is 1.99. The number of carbonyl (C=O) groups is 1. The molecule has 150 valence electrons. The molecule has 0 bridgehead atoms. The Bertz CT molecular complexity index is 572. The Morgan fingerprint density at radius 1 is 1.00 bits per heavy atom. The van der Waals surface area contributed by atoms with Crippen LogP contribution in [0.1, 0.15) is 41.3 Å². The lowest BCUT2D eigenvalue weighted by atomic mass is 10.0. The summed E-state index contributed by atoms with van der Waals surface area (Å²) in [6.07, 6.45) is -9.00. The minimum absolute atomic E-state index is 0. The molecule has 0 aliphatic rings. The van der Waals surface area contributed by atoms with Gasteiger partial charge >= 0.3 is 12.4 Å². The van der Waals surface area contributed by atoms with E-state index in [4.69, 9.17) is 11.5 Å². The molecule has 11 heteroatoms. The van der Waals surface area contributed by atoms with Gasteiger partial charge in [0.05, 0.1) is 11.1 Å². The Balaban J connectivity index is 0.00000625. The molecule has 1 amide bonds. The van der Waals surface area contributed by atoms with E-state index in [1.165, 1.54) is 0 Å². The molecule has 0 saturated carbocycles. The van der Waals surface area contributed by atoms with E-state index in [-0.39, 0.29) is 31.1 Å². The summed E-state index contributed by atoms with van der Waals surface area (Å²) in [5, 5.41) is 2.24. The molecule has 0 aromatic heterocycles. The first-order valence-corrected chi connectivity index (χ1v) is 7.39. The summed E-state index contributed by atoms with van der Waals surface area (Å²) in [6, 6.07) is 0.0868. The summed E-state index contributed by atoms with van der Waals surface area (Å²) in [5.41, 5.74) is 7.43. The van der Waals surface area contributed by atoms with Gasteiger partial charge in [0.2, 0.25) is 0 Å². The summed E-state index contributed by atoms with van der Waals surface area (Å²) in [7, 11) is 0. The van der Waals surface area contributed by atoms with Crippen molar-refractivity contribution in [1.29, 1.82) is 0 Å². The molecule has 2 atom stereocenters. The minimum Gasteiger partial charge on any atom is -0.350 e. The van der Waals surface area contributed by atoms with Crippen LogP contribution in [0.2, 0.25) is 0 Å². The number of hydrogen-bond acceptors (Lipinski definition) is 3. The van der Waals surface area contributed by atoms with Crippen molar-refractivity contribution < 1.29 is 31.1 Å². The van der Waals surface area contributed by atoms with Crippen molar-refractivity contribution in [3.63, 3.8) is 0 Å². The molecule has 0 heterocycles. The SMILES string of the molecule is CC(N)CC[C@H](N)CNC(=O)c1cc(C(F)(F)F)cc(C(F)(F)F)c1.Cl. The number of carbonyl (C=O) groups excluding carboxylic acids is 1. The molecule has 4 nitrogen and oxygen atoms in total. The summed E-state index contributed by atoms with van der Waals surface area (Å²) in [5.74, 6) is -1.06. The molecule has 5 N–H and O–H groups in total. The van der Waals surface area contributed by atoms with Gasteiger partial charge in [-0.15, -0.1) is 12.4 Å². The highest BCUT2D eigenvalue weighted by Gasteiger charge is 2.37. The number of amides is 1. The third-order valence-electron chi connectivity index (χ3n) is 3.37. The number of nitrogens with two attached hydrogens (primary N) is 2. The Labute approximate surface area is 152 Å². The van der Waals surface area contributed by atoms with Gasteiger partial charge in [0, 0.05) is 24.2 Å². The summed E-state index contributed by atoms with van der Waals surface area (Å²) in [6.45, 7) is 1.66. The highest BCUT2D eigenvalue weighted by Crippen LogP contribution is 2.36. The van der Waals surface area contributed by atoms with E-state index in [0.717, 1.165) is 0 Å². The van der Waals surface area contributed by atoms with Gasteiger partial charge in [0.1, 0.15) is 0 Å². The number of halogens is 7. The average molecular weight is 408 g/mol. The zero-order valence-electron chi connectivity index (χ0n) is 13.7. The van der Waals surface area contributed by atoms with Crippen LogP contribution in [0, 0.1) is 0 Å². The van der Waals surface area contributed by atoms with E-state index < -0.39 is 41.0 Å². The molecule has 0 aliphatic carbocycles. The lowest BCUT2D eigenvalue weighted by Crippen LogP contribution is -2.38. The molecule has 0 fully saturated rings. The maximum absolute atomic E-state index is 12.8. The monoisotopic (exact) mass is 407 g/mol. The highest BCUT2D eigenvalue weighted by atomic mass is 35.5. The molecule has 0 radical (unpaired) electrons. The van der Waals surface area contributed by atoms with Crippen LogP contribution >= 0.6 is 12.4 Å². The molecule has 26 heavy (non-hydrogen) atoms. The lowest BCUT2D eigenvalue weighted by molar-refractivity contribution is -0.143. The number of nitrogens with one attached hydrogen (secondary N) is 1. The second-order valence-corrected chi connectivity index (χ2v) is 5.82. The van der Waals surface area contributed by atoms with Gasteiger partial charge < -0.3 is 16.8 Å². The highest BCUT2D eigenvalue weighted by molar-refractivity contribution is 5.94. The average Bonchev–Trinajstić information content (AvgIpc) is 2.48. The first kappa shape index (κ1) is 24.5. The third kappa shape index (κ3) is 7.79. The van der Waals surface area contributed by atoms with Gasteiger partial charge in [-0.1, -0.05) is 0 Å². The van der Waals surface area contributed by atoms with Crippen molar-refractivity contribution in [2.24, 2.45) is 11.5 Å². The van der Waals surface area contributed by atoms with Gasteiger partial charge in [-0.3, -0.25) is 4.79 Å². The van der Waals surface area contributed by atoms with Crippen LogP contribution in [0.5, 0.6) is 0 Å². The van der Waals surface area contributed by atoms with E-state index in [2.05, 4.69) is 5.32 Å². The van der Waals surface area contributed by atoms with E-state index in [0.29, 0.717) is 25.0 Å². The first-order chi connectivity index (χ1) is 11.3. The van der Waals surface area contributed by atoms with Crippen LogP contribution in [-0.2, 0) is 12.4 Å². The summed E-state index contributed by atoms with van der Waals surface area (Å²) >= 11 is 0. The normalized spacial score (nSPS) is 14.3. The number of hydrogen-bond donors (Lipinski definition) is 3. The first-order valence-electron chi connectivity index (χ1n) is 7.39. The van der Waals surface area contributed by atoms with Gasteiger partial charge in [-0.25, -0.2) is 0 Å². The van der Waals surface area contributed by atoms with Crippen LogP contribution in [0.15, 0.2) is 18.2 Å². The van der Waals surface area contributed by atoms with Gasteiger partial charge in [0.15, 0.2) is 0 Å². The Kier molecular flexibility index (Phi) is 8.87. The molecule has 1 unspecified atom stereocenters. The topological polar surface area (TPSA) is 81.1 Å². The number of benzene rings is 1. The maximum atomic E-state index is 12.8. The second-order valence-electron chi connectivity index (χ2n) is 5.82. The van der Waals surface area contributed by atoms with Crippen molar-refractivity contribution >= 4 is 18.3 Å². The van der Waals surface area contributed by atoms with Crippen molar-refractivity contribution in [2.75, 3.05) is 6.54 Å². The molecule has 0 saturated heterocycles. The van der Waals surface area contributed by atoms with Crippen LogP contribution in [0.25, 0.3) is 0 Å². The van der Waals surface area contributed by atoms with Gasteiger partial charge in [0.25, 0.3) is 5.91 Å². The summed E-state index contributed by atoms with van der Waals surface area (Å²) in [4.78, 5) is 11.9. The van der Waals surface area contributed by atoms with Crippen molar-refractivity contribution in [3.8, 4) is 0 Å². The fraction of sp³-hybridized carbons (Fsp3) is 0.533. The molecule has 0 aliphatic heterocycles. The zero-order chi connectivity index (χ0) is 19.4. The van der Waals surface area contributed by atoms with Gasteiger partial charge in [-0.2, -0.15) is 26.3 Å². The molecule has 1 aromatic rings. The largest absolute Gasteiger partial charge is 0.416 e. The number of rotatable bonds is 6. The van der Waals surface area contributed by atoms with Crippen LogP contribution in [-0.4, -0.2) is 24.5 Å². The fourth-order valence-corrected chi connectivity index (χ4v) is 1.99. The minimum atomic E-state index is -5.01. The molecule has 1 rings (SSSR count). The van der Waals surface area contributed by atoms with E-state index in [1.54, 1.807) is 6.92 Å². The van der Waals surface area contributed by atoms with E-state index in [1.807, 2.05) is 0 Å². The second kappa shape index (κ2) is 9.43. The van der Waals surface area contributed by atoms with Crippen molar-refractivity contribution in [3.05, 3.63) is 34.9 Å². The standard InChI is InChI=1S/C15H19F6N3O.ClH/c1-8(22)2-3-12(23)7-24-13(25)9-4-10(14(16,17)18)6-11(5-9)15(19,20)21;/h4-6,8,12H,2-3,7,22-23H2,1H3,(H,24,25);1H/t8?,12-;/m0./s1. The molecular formula is C15H20ClF6N3O. The lowest BCUT2D eigenvalue weighted by Gasteiger charge is -2.16. The predicted molar refractivity (Wildman–Crippen MR) is 86.9 cm³/mol. The van der Waals surface area contributed by atoms with Crippen LogP contribution < -0.4 is 16.8 Å². The quantitative estimate of drug-likeness (QED) is 0.633. The Hall–Kier alpha value is -1.52. The van der Waals surface area contributed by atoms with Crippen LogP contribution in [0.4, 0.5) is 26.3 Å². The van der Waals surface area contributed by atoms with E-state index >= 15 is 0 Å². The van der Waals surface area contributed by atoms with Gasteiger partial charge in [-0.05, 0) is 38.0 Å². The molecular weight excluding hydrogens is 388 g/mol. The van der Waals surface area contributed by atoms with Crippen LogP contribution in [0.3, 0.4) is 0 Å². The number of alkyl halides is 6.